The Morgan fingerprint density at radius 1 is 1.00 bits per heavy atom. The zero-order chi connectivity index (χ0) is 24.3. The standard InChI is InChI=1S/C24H21N3O5S2/c1-27(2)34(30,31)17-9-7-8-16(14-17)25-22(28)15-32-24(29)19-11-4-3-10-18(19)23-26-20-12-5-6-13-21(20)33-23/h3-14H,15H2,1-2H3,(H,25,28). The lowest BCUT2D eigenvalue weighted by atomic mass is 10.1. The number of nitrogens with zero attached hydrogens (tertiary/aromatic N) is 2. The molecule has 1 amide bonds. The molecule has 3 aromatic carbocycles. The third-order valence-electron chi connectivity index (χ3n) is 4.90. The molecule has 8 nitrogen and oxygen atoms in total. The smallest absolute Gasteiger partial charge is 0.339 e. The number of benzene rings is 3. The number of para-hydroxylation sites is 1. The van der Waals surface area contributed by atoms with Crippen LogP contribution in [-0.2, 0) is 19.6 Å². The summed E-state index contributed by atoms with van der Waals surface area (Å²) >= 11 is 1.46. The van der Waals surface area contributed by atoms with Crippen LogP contribution in [0.1, 0.15) is 10.4 Å². The van der Waals surface area contributed by atoms with Gasteiger partial charge in [-0.3, -0.25) is 4.79 Å². The summed E-state index contributed by atoms with van der Waals surface area (Å²) in [4.78, 5) is 29.8. The lowest BCUT2D eigenvalue weighted by Gasteiger charge is -2.13. The third kappa shape index (κ3) is 4.98. The summed E-state index contributed by atoms with van der Waals surface area (Å²) < 4.78 is 31.9. The predicted molar refractivity (Wildman–Crippen MR) is 131 cm³/mol. The molecule has 0 spiro atoms. The van der Waals surface area contributed by atoms with Gasteiger partial charge in [0.05, 0.1) is 20.7 Å². The lowest BCUT2D eigenvalue weighted by molar-refractivity contribution is -0.119. The van der Waals surface area contributed by atoms with E-state index < -0.39 is 28.5 Å². The number of esters is 1. The number of ether oxygens (including phenoxy) is 1. The molecule has 4 rings (SSSR count). The number of carbonyl (C=O) groups excluding carboxylic acids is 2. The average molecular weight is 496 g/mol. The van der Waals surface area contributed by atoms with Crippen molar-refractivity contribution in [1.29, 1.82) is 0 Å². The highest BCUT2D eigenvalue weighted by molar-refractivity contribution is 7.89. The summed E-state index contributed by atoms with van der Waals surface area (Å²) in [5.41, 5.74) is 2.03. The molecule has 0 saturated heterocycles. The van der Waals surface area contributed by atoms with Crippen LogP contribution in [-0.4, -0.2) is 50.3 Å². The van der Waals surface area contributed by atoms with Crippen LogP contribution < -0.4 is 5.32 Å². The summed E-state index contributed by atoms with van der Waals surface area (Å²) in [6.07, 6.45) is 0. The first-order valence-corrected chi connectivity index (χ1v) is 12.5. The number of fused-ring (bicyclic) bond motifs is 1. The lowest BCUT2D eigenvalue weighted by Crippen LogP contribution is -2.23. The van der Waals surface area contributed by atoms with E-state index in [-0.39, 0.29) is 10.6 Å². The second kappa shape index (κ2) is 9.72. The fourth-order valence-electron chi connectivity index (χ4n) is 3.19. The molecule has 34 heavy (non-hydrogen) atoms. The topological polar surface area (TPSA) is 106 Å². The highest BCUT2D eigenvalue weighted by atomic mass is 32.2. The molecule has 1 N–H and O–H groups in total. The molecule has 0 aliphatic rings. The zero-order valence-electron chi connectivity index (χ0n) is 18.4. The number of hydrogen-bond donors (Lipinski definition) is 1. The number of hydrogen-bond acceptors (Lipinski definition) is 7. The van der Waals surface area contributed by atoms with Crippen molar-refractivity contribution in [3.05, 3.63) is 78.4 Å². The van der Waals surface area contributed by atoms with Crippen LogP contribution >= 0.6 is 11.3 Å². The molecule has 0 aliphatic carbocycles. The number of aromatic nitrogens is 1. The maximum atomic E-state index is 12.8. The number of thiazole rings is 1. The van der Waals surface area contributed by atoms with Crippen LogP contribution in [0.3, 0.4) is 0 Å². The van der Waals surface area contributed by atoms with Gasteiger partial charge in [0.1, 0.15) is 5.01 Å². The zero-order valence-corrected chi connectivity index (χ0v) is 20.0. The Bertz CT molecular complexity index is 1450. The van der Waals surface area contributed by atoms with Crippen LogP contribution in [0.15, 0.2) is 77.7 Å². The van der Waals surface area contributed by atoms with E-state index in [2.05, 4.69) is 10.3 Å². The number of amides is 1. The van der Waals surface area contributed by atoms with Gasteiger partial charge >= 0.3 is 5.97 Å². The average Bonchev–Trinajstić information content (AvgIpc) is 3.27. The molecule has 174 valence electrons. The molecule has 4 aromatic rings. The van der Waals surface area contributed by atoms with Gasteiger partial charge in [0.2, 0.25) is 10.0 Å². The summed E-state index contributed by atoms with van der Waals surface area (Å²) in [6, 6.07) is 20.5. The monoisotopic (exact) mass is 495 g/mol. The molecule has 0 aliphatic heterocycles. The maximum absolute atomic E-state index is 12.8. The second-order valence-electron chi connectivity index (χ2n) is 7.47. The Morgan fingerprint density at radius 2 is 1.74 bits per heavy atom. The van der Waals surface area contributed by atoms with Crippen LogP contribution in [0.25, 0.3) is 20.8 Å². The Hall–Kier alpha value is -3.60. The van der Waals surface area contributed by atoms with E-state index in [1.54, 1.807) is 30.3 Å². The van der Waals surface area contributed by atoms with Gasteiger partial charge in [0.25, 0.3) is 5.91 Å². The van der Waals surface area contributed by atoms with Crippen LogP contribution in [0.4, 0.5) is 5.69 Å². The van der Waals surface area contributed by atoms with Crippen molar-refractivity contribution in [1.82, 2.24) is 9.29 Å². The summed E-state index contributed by atoms with van der Waals surface area (Å²) in [5.74, 6) is -1.25. The van der Waals surface area contributed by atoms with E-state index in [4.69, 9.17) is 4.74 Å². The number of carbonyl (C=O) groups is 2. The highest BCUT2D eigenvalue weighted by Gasteiger charge is 2.19. The first kappa shape index (κ1) is 23.6. The van der Waals surface area contributed by atoms with Crippen LogP contribution in [0.2, 0.25) is 0 Å². The SMILES string of the molecule is CN(C)S(=O)(=O)c1cccc(NC(=O)COC(=O)c2ccccc2-c2nc3ccccc3s2)c1. The van der Waals surface area contributed by atoms with E-state index >= 15 is 0 Å². The van der Waals surface area contributed by atoms with Gasteiger partial charge in [-0.2, -0.15) is 0 Å². The molecule has 0 radical (unpaired) electrons. The number of sulfonamides is 1. The van der Waals surface area contributed by atoms with E-state index in [9.17, 15) is 18.0 Å². The third-order valence-corrected chi connectivity index (χ3v) is 7.78. The molecule has 1 aromatic heterocycles. The summed E-state index contributed by atoms with van der Waals surface area (Å²) in [6.45, 7) is -0.530. The molecule has 10 heteroatoms. The molecule has 0 fully saturated rings. The van der Waals surface area contributed by atoms with Crippen molar-refractivity contribution < 1.29 is 22.7 Å². The molecule has 1 heterocycles. The number of anilines is 1. The minimum absolute atomic E-state index is 0.0389. The Kier molecular flexibility index (Phi) is 6.73. The van der Waals surface area contributed by atoms with Gasteiger partial charge in [0.15, 0.2) is 6.61 Å². The van der Waals surface area contributed by atoms with Gasteiger partial charge < -0.3 is 10.1 Å². The predicted octanol–water partition coefficient (Wildman–Crippen LogP) is 4.01. The van der Waals surface area contributed by atoms with E-state index in [0.29, 0.717) is 16.1 Å². The minimum atomic E-state index is -3.65. The van der Waals surface area contributed by atoms with Crippen molar-refractivity contribution in [2.75, 3.05) is 26.0 Å². The molecular weight excluding hydrogens is 474 g/mol. The van der Waals surface area contributed by atoms with Gasteiger partial charge in [-0.15, -0.1) is 11.3 Å². The second-order valence-corrected chi connectivity index (χ2v) is 10.7. The Morgan fingerprint density at radius 3 is 2.50 bits per heavy atom. The summed E-state index contributed by atoms with van der Waals surface area (Å²) in [7, 11) is -0.801. The first-order chi connectivity index (χ1) is 16.3. The first-order valence-electron chi connectivity index (χ1n) is 10.2. The van der Waals surface area contributed by atoms with Crippen molar-refractivity contribution in [2.24, 2.45) is 0 Å². The minimum Gasteiger partial charge on any atom is -0.452 e. The number of rotatable bonds is 7. The number of nitrogens with one attached hydrogen (secondary N) is 1. The van der Waals surface area contributed by atoms with Crippen molar-refractivity contribution in [2.45, 2.75) is 4.90 Å². The van der Waals surface area contributed by atoms with Crippen LogP contribution in [0, 0.1) is 0 Å². The largest absolute Gasteiger partial charge is 0.452 e. The Balaban J connectivity index is 1.45. The molecule has 0 saturated carbocycles. The van der Waals surface area contributed by atoms with Gasteiger partial charge in [-0.1, -0.05) is 36.4 Å². The normalized spacial score (nSPS) is 11.5. The fourth-order valence-corrected chi connectivity index (χ4v) is 5.14. The summed E-state index contributed by atoms with van der Waals surface area (Å²) in [5, 5.41) is 3.23. The van der Waals surface area contributed by atoms with Gasteiger partial charge in [0, 0.05) is 25.3 Å². The van der Waals surface area contributed by atoms with Gasteiger partial charge in [-0.05, 0) is 36.4 Å². The van der Waals surface area contributed by atoms with Crippen molar-refractivity contribution in [3.8, 4) is 10.6 Å². The van der Waals surface area contributed by atoms with E-state index in [1.807, 2.05) is 24.3 Å². The van der Waals surface area contributed by atoms with Crippen molar-refractivity contribution in [3.63, 3.8) is 0 Å². The van der Waals surface area contributed by atoms with E-state index in [0.717, 1.165) is 14.5 Å². The molecular formula is C24H21N3O5S2. The molecule has 0 unspecified atom stereocenters. The molecule has 0 atom stereocenters. The van der Waals surface area contributed by atoms with Crippen LogP contribution in [0.5, 0.6) is 0 Å². The Labute approximate surface area is 200 Å². The van der Waals surface area contributed by atoms with Crippen molar-refractivity contribution >= 4 is 49.1 Å². The quantitative estimate of drug-likeness (QED) is 0.389. The maximum Gasteiger partial charge on any atom is 0.339 e. The molecule has 0 bridgehead atoms. The highest BCUT2D eigenvalue weighted by Crippen LogP contribution is 2.32. The fraction of sp³-hybridized carbons (Fsp3) is 0.125. The van der Waals surface area contributed by atoms with E-state index in [1.165, 1.54) is 43.6 Å². The van der Waals surface area contributed by atoms with Gasteiger partial charge in [-0.25, -0.2) is 22.5 Å².